The largest absolute Gasteiger partial charge is 0.396 e. The molecule has 118 valence electrons. The van der Waals surface area contributed by atoms with E-state index >= 15 is 0 Å². The highest BCUT2D eigenvalue weighted by Crippen LogP contribution is 2.29. The average Bonchev–Trinajstić information content (AvgIpc) is 2.37. The maximum absolute atomic E-state index is 12.4. The summed E-state index contributed by atoms with van der Waals surface area (Å²) in [4.78, 5) is 0. The Labute approximate surface area is 122 Å². The first-order chi connectivity index (χ1) is 9.40. The number of piperidine rings is 1. The molecule has 0 radical (unpaired) electrons. The molecule has 0 bridgehead atoms. The second-order valence-corrected chi connectivity index (χ2v) is 8.46. The summed E-state index contributed by atoms with van der Waals surface area (Å²) < 4.78 is 29.3. The van der Waals surface area contributed by atoms with E-state index in [0.717, 1.165) is 25.7 Å². The number of hydrogen-bond acceptors (Lipinski definition) is 3. The van der Waals surface area contributed by atoms with Crippen molar-refractivity contribution in [3.05, 3.63) is 0 Å². The predicted octanol–water partition coefficient (Wildman–Crippen LogP) is 1.35. The summed E-state index contributed by atoms with van der Waals surface area (Å²) in [5.41, 5.74) is 0. The van der Waals surface area contributed by atoms with Crippen LogP contribution in [0, 0.1) is 17.8 Å². The summed E-state index contributed by atoms with van der Waals surface area (Å²) in [5, 5.41) is 9.12. The minimum absolute atomic E-state index is 0.0781. The Kier molecular flexibility index (Phi) is 5.45. The zero-order valence-corrected chi connectivity index (χ0v) is 13.4. The Morgan fingerprint density at radius 2 is 1.65 bits per heavy atom. The van der Waals surface area contributed by atoms with E-state index in [-0.39, 0.29) is 18.6 Å². The highest BCUT2D eigenvalue weighted by atomic mass is 32.2. The molecule has 2 fully saturated rings. The van der Waals surface area contributed by atoms with Gasteiger partial charge in [0.05, 0.1) is 0 Å². The molecule has 20 heavy (non-hydrogen) atoms. The number of rotatable bonds is 4. The van der Waals surface area contributed by atoms with Crippen molar-refractivity contribution >= 4 is 10.2 Å². The van der Waals surface area contributed by atoms with Crippen LogP contribution in [0.15, 0.2) is 0 Å². The van der Waals surface area contributed by atoms with Gasteiger partial charge in [0.15, 0.2) is 0 Å². The molecular weight excluding hydrogens is 276 g/mol. The van der Waals surface area contributed by atoms with Gasteiger partial charge in [-0.25, -0.2) is 0 Å². The molecular formula is C14H28N2O3S. The maximum atomic E-state index is 12.4. The first-order valence-corrected chi connectivity index (χ1v) is 9.23. The number of hydrogen-bond donors (Lipinski definition) is 2. The Balaban J connectivity index is 1.90. The zero-order chi connectivity index (χ0) is 14.8. The van der Waals surface area contributed by atoms with Crippen LogP contribution in [-0.4, -0.2) is 43.6 Å². The van der Waals surface area contributed by atoms with E-state index in [4.69, 9.17) is 5.11 Å². The first kappa shape index (κ1) is 16.2. The Morgan fingerprint density at radius 3 is 2.15 bits per heavy atom. The van der Waals surface area contributed by atoms with E-state index in [1.165, 1.54) is 6.42 Å². The minimum Gasteiger partial charge on any atom is -0.396 e. The van der Waals surface area contributed by atoms with Crippen LogP contribution in [0.5, 0.6) is 0 Å². The van der Waals surface area contributed by atoms with Crippen LogP contribution in [0.3, 0.4) is 0 Å². The van der Waals surface area contributed by atoms with Gasteiger partial charge in [0.1, 0.15) is 0 Å². The quantitative estimate of drug-likeness (QED) is 0.824. The molecule has 0 amide bonds. The fraction of sp³-hybridized carbons (Fsp3) is 1.00. The summed E-state index contributed by atoms with van der Waals surface area (Å²) in [6.07, 6.45) is 4.59. The maximum Gasteiger partial charge on any atom is 0.279 e. The van der Waals surface area contributed by atoms with Gasteiger partial charge < -0.3 is 5.11 Å². The number of nitrogens with one attached hydrogen (secondary N) is 1. The van der Waals surface area contributed by atoms with Crippen LogP contribution < -0.4 is 4.72 Å². The summed E-state index contributed by atoms with van der Waals surface area (Å²) >= 11 is 0. The smallest absolute Gasteiger partial charge is 0.279 e. The molecule has 1 aliphatic heterocycles. The van der Waals surface area contributed by atoms with E-state index in [2.05, 4.69) is 18.6 Å². The van der Waals surface area contributed by atoms with Gasteiger partial charge >= 0.3 is 0 Å². The van der Waals surface area contributed by atoms with Gasteiger partial charge in [-0.2, -0.15) is 17.4 Å². The topological polar surface area (TPSA) is 69.6 Å². The minimum atomic E-state index is -3.36. The fourth-order valence-electron chi connectivity index (χ4n) is 3.66. The lowest BCUT2D eigenvalue weighted by molar-refractivity contribution is 0.168. The van der Waals surface area contributed by atoms with Crippen molar-refractivity contribution in [2.45, 2.75) is 52.0 Å². The Bertz CT molecular complexity index is 395. The second-order valence-electron chi connectivity index (χ2n) is 6.76. The van der Waals surface area contributed by atoms with Gasteiger partial charge in [-0.3, -0.25) is 0 Å². The molecule has 2 atom stereocenters. The molecule has 1 heterocycles. The van der Waals surface area contributed by atoms with Crippen molar-refractivity contribution in [3.8, 4) is 0 Å². The van der Waals surface area contributed by atoms with E-state index in [9.17, 15) is 8.42 Å². The molecule has 2 N–H and O–H groups in total. The summed E-state index contributed by atoms with van der Waals surface area (Å²) in [6, 6.07) is 0.0781. The lowest BCUT2D eigenvalue weighted by atomic mass is 9.81. The molecule has 6 heteroatoms. The number of aliphatic hydroxyl groups excluding tert-OH is 1. The third-order valence-corrected chi connectivity index (χ3v) is 6.34. The van der Waals surface area contributed by atoms with E-state index in [1.54, 1.807) is 4.31 Å². The van der Waals surface area contributed by atoms with Crippen LogP contribution >= 0.6 is 0 Å². The van der Waals surface area contributed by atoms with E-state index in [1.807, 2.05) is 0 Å². The van der Waals surface area contributed by atoms with Gasteiger partial charge in [0, 0.05) is 25.7 Å². The fourth-order valence-corrected chi connectivity index (χ4v) is 5.11. The van der Waals surface area contributed by atoms with Gasteiger partial charge in [-0.1, -0.05) is 13.8 Å². The zero-order valence-electron chi connectivity index (χ0n) is 12.6. The van der Waals surface area contributed by atoms with Crippen molar-refractivity contribution in [2.75, 3.05) is 19.7 Å². The lowest BCUT2D eigenvalue weighted by Gasteiger charge is -2.35. The van der Waals surface area contributed by atoms with Gasteiger partial charge in [-0.15, -0.1) is 0 Å². The van der Waals surface area contributed by atoms with Crippen molar-refractivity contribution in [1.29, 1.82) is 0 Å². The van der Waals surface area contributed by atoms with Crippen LogP contribution in [0.4, 0.5) is 0 Å². The van der Waals surface area contributed by atoms with Crippen LogP contribution in [0.2, 0.25) is 0 Å². The van der Waals surface area contributed by atoms with Gasteiger partial charge in [0.2, 0.25) is 0 Å². The first-order valence-electron chi connectivity index (χ1n) is 7.79. The SMILES string of the molecule is CC1CC(C)CC(NS(=O)(=O)N2CCC(CO)CC2)C1. The monoisotopic (exact) mass is 304 g/mol. The Hall–Kier alpha value is -0.170. The molecule has 5 nitrogen and oxygen atoms in total. The molecule has 1 saturated carbocycles. The van der Waals surface area contributed by atoms with E-state index < -0.39 is 10.2 Å². The molecule has 2 unspecified atom stereocenters. The molecule has 1 saturated heterocycles. The normalized spacial score (nSPS) is 34.2. The van der Waals surface area contributed by atoms with Gasteiger partial charge in [-0.05, 0) is 49.9 Å². The third-order valence-electron chi connectivity index (χ3n) is 4.67. The summed E-state index contributed by atoms with van der Waals surface area (Å²) in [7, 11) is -3.36. The molecule has 0 aromatic rings. The van der Waals surface area contributed by atoms with Crippen LogP contribution in [0.1, 0.15) is 46.0 Å². The standard InChI is InChI=1S/C14H28N2O3S/c1-11-7-12(2)9-14(8-11)15-20(18,19)16-5-3-13(10-17)4-6-16/h11-15,17H,3-10H2,1-2H3. The molecule has 0 aromatic heterocycles. The van der Waals surface area contributed by atoms with Crippen molar-refractivity contribution in [1.82, 2.24) is 9.03 Å². The van der Waals surface area contributed by atoms with Crippen molar-refractivity contribution in [3.63, 3.8) is 0 Å². The van der Waals surface area contributed by atoms with Crippen molar-refractivity contribution < 1.29 is 13.5 Å². The van der Waals surface area contributed by atoms with Crippen molar-refractivity contribution in [2.24, 2.45) is 17.8 Å². The average molecular weight is 304 g/mol. The predicted molar refractivity (Wildman–Crippen MR) is 79.4 cm³/mol. The molecule has 0 aromatic carbocycles. The highest BCUT2D eigenvalue weighted by molar-refractivity contribution is 7.87. The number of aliphatic hydroxyl groups is 1. The Morgan fingerprint density at radius 1 is 1.10 bits per heavy atom. The number of nitrogens with zero attached hydrogens (tertiary/aromatic N) is 1. The summed E-state index contributed by atoms with van der Waals surface area (Å²) in [5.74, 6) is 1.44. The third kappa shape index (κ3) is 4.16. The highest BCUT2D eigenvalue weighted by Gasteiger charge is 2.32. The molecule has 2 aliphatic rings. The second kappa shape index (κ2) is 6.73. The van der Waals surface area contributed by atoms with Crippen LogP contribution in [-0.2, 0) is 10.2 Å². The van der Waals surface area contributed by atoms with Gasteiger partial charge in [0.25, 0.3) is 10.2 Å². The molecule has 0 spiro atoms. The molecule has 1 aliphatic carbocycles. The van der Waals surface area contributed by atoms with E-state index in [0.29, 0.717) is 24.9 Å². The molecule has 2 rings (SSSR count). The lowest BCUT2D eigenvalue weighted by Crippen LogP contribution is -2.50. The summed E-state index contributed by atoms with van der Waals surface area (Å²) in [6.45, 7) is 5.61. The van der Waals surface area contributed by atoms with Crippen LogP contribution in [0.25, 0.3) is 0 Å².